The zero-order chi connectivity index (χ0) is 24.6. The SMILES string of the molecule is NC(=O)c1ccccc1-c1ccc(CCNC(=O)c2cc(Cl)ccc2OCc2ccccc2)cc1. The smallest absolute Gasteiger partial charge is 0.255 e. The van der Waals surface area contributed by atoms with Crippen LogP contribution in [0.3, 0.4) is 0 Å². The highest BCUT2D eigenvalue weighted by Crippen LogP contribution is 2.25. The molecular formula is C29H25ClN2O3. The van der Waals surface area contributed by atoms with Gasteiger partial charge in [-0.2, -0.15) is 0 Å². The number of halogens is 1. The summed E-state index contributed by atoms with van der Waals surface area (Å²) in [6, 6.07) is 29.9. The summed E-state index contributed by atoms with van der Waals surface area (Å²) < 4.78 is 5.89. The first kappa shape index (κ1) is 24.0. The number of amides is 2. The maximum Gasteiger partial charge on any atom is 0.255 e. The van der Waals surface area contributed by atoms with Crippen LogP contribution in [0.2, 0.25) is 5.02 Å². The molecule has 0 spiro atoms. The van der Waals surface area contributed by atoms with E-state index in [1.807, 2.05) is 66.7 Å². The largest absolute Gasteiger partial charge is 0.488 e. The Morgan fingerprint density at radius 2 is 1.51 bits per heavy atom. The minimum Gasteiger partial charge on any atom is -0.488 e. The molecule has 0 unspecified atom stereocenters. The molecule has 0 aliphatic carbocycles. The van der Waals surface area contributed by atoms with E-state index in [0.717, 1.165) is 22.3 Å². The molecule has 0 atom stereocenters. The second kappa shape index (κ2) is 11.4. The average Bonchev–Trinajstić information content (AvgIpc) is 2.89. The number of benzene rings is 4. The Balaban J connectivity index is 1.37. The van der Waals surface area contributed by atoms with E-state index in [2.05, 4.69) is 5.32 Å². The molecule has 176 valence electrons. The summed E-state index contributed by atoms with van der Waals surface area (Å²) in [4.78, 5) is 24.6. The number of rotatable bonds is 9. The number of primary amides is 1. The van der Waals surface area contributed by atoms with Gasteiger partial charge in [0.25, 0.3) is 5.91 Å². The van der Waals surface area contributed by atoms with Crippen LogP contribution in [0.1, 0.15) is 31.8 Å². The first-order chi connectivity index (χ1) is 17.0. The van der Waals surface area contributed by atoms with E-state index in [0.29, 0.717) is 41.5 Å². The van der Waals surface area contributed by atoms with E-state index in [-0.39, 0.29) is 5.91 Å². The fourth-order valence-electron chi connectivity index (χ4n) is 3.76. The number of ether oxygens (including phenoxy) is 1. The molecule has 4 aromatic rings. The van der Waals surface area contributed by atoms with Crippen LogP contribution in [0.5, 0.6) is 5.75 Å². The van der Waals surface area contributed by atoms with Crippen molar-refractivity contribution >= 4 is 23.4 Å². The third-order valence-corrected chi connectivity index (χ3v) is 5.82. The van der Waals surface area contributed by atoms with Crippen LogP contribution in [0.15, 0.2) is 97.1 Å². The van der Waals surface area contributed by atoms with Gasteiger partial charge in [0.05, 0.1) is 5.56 Å². The second-order valence-corrected chi connectivity index (χ2v) is 8.46. The summed E-state index contributed by atoms with van der Waals surface area (Å²) >= 11 is 6.14. The lowest BCUT2D eigenvalue weighted by molar-refractivity contribution is 0.0948. The lowest BCUT2D eigenvalue weighted by atomic mass is 9.98. The van der Waals surface area contributed by atoms with Crippen LogP contribution in [0, 0.1) is 0 Å². The molecule has 0 saturated carbocycles. The third kappa shape index (κ3) is 6.28. The van der Waals surface area contributed by atoms with Crippen molar-refractivity contribution in [1.82, 2.24) is 5.32 Å². The van der Waals surface area contributed by atoms with E-state index in [1.165, 1.54) is 0 Å². The van der Waals surface area contributed by atoms with E-state index in [4.69, 9.17) is 22.1 Å². The summed E-state index contributed by atoms with van der Waals surface area (Å²) in [5, 5.41) is 3.41. The molecule has 0 radical (unpaired) electrons. The van der Waals surface area contributed by atoms with E-state index >= 15 is 0 Å². The standard InChI is InChI=1S/C29H25ClN2O3/c30-23-14-15-27(35-19-21-6-2-1-3-7-21)26(18-23)29(34)32-17-16-20-10-12-22(13-11-20)24-8-4-5-9-25(24)28(31)33/h1-15,18H,16-17,19H2,(H2,31,33)(H,32,34). The Bertz CT molecular complexity index is 1320. The van der Waals surface area contributed by atoms with Crippen molar-refractivity contribution in [2.75, 3.05) is 6.54 Å². The Morgan fingerprint density at radius 3 is 2.26 bits per heavy atom. The number of nitrogens with two attached hydrogens (primary N) is 1. The monoisotopic (exact) mass is 484 g/mol. The van der Waals surface area contributed by atoms with Gasteiger partial charge in [-0.25, -0.2) is 0 Å². The summed E-state index contributed by atoms with van der Waals surface area (Å²) in [6.07, 6.45) is 0.643. The van der Waals surface area contributed by atoms with Crippen LogP contribution in [-0.2, 0) is 13.0 Å². The topological polar surface area (TPSA) is 81.4 Å². The van der Waals surface area contributed by atoms with Crippen LogP contribution < -0.4 is 15.8 Å². The molecule has 3 N–H and O–H groups in total. The van der Waals surface area contributed by atoms with E-state index < -0.39 is 5.91 Å². The highest BCUT2D eigenvalue weighted by atomic mass is 35.5. The number of hydrogen-bond acceptors (Lipinski definition) is 3. The Labute approximate surface area is 209 Å². The molecule has 0 saturated heterocycles. The summed E-state index contributed by atoms with van der Waals surface area (Å²) in [5.74, 6) is -0.226. The Kier molecular flexibility index (Phi) is 7.81. The van der Waals surface area contributed by atoms with Gasteiger partial charge in [0.15, 0.2) is 0 Å². The summed E-state index contributed by atoms with van der Waals surface area (Å²) in [5.41, 5.74) is 10.1. The molecule has 4 aromatic carbocycles. The molecule has 5 nitrogen and oxygen atoms in total. The fraction of sp³-hybridized carbons (Fsp3) is 0.103. The molecule has 0 bridgehead atoms. The Morgan fingerprint density at radius 1 is 0.800 bits per heavy atom. The molecule has 0 aliphatic rings. The van der Waals surface area contributed by atoms with Crippen molar-refractivity contribution in [3.05, 3.63) is 124 Å². The van der Waals surface area contributed by atoms with Crippen LogP contribution in [0.25, 0.3) is 11.1 Å². The molecule has 0 fully saturated rings. The molecular weight excluding hydrogens is 460 g/mol. The summed E-state index contributed by atoms with van der Waals surface area (Å²) in [6.45, 7) is 0.800. The zero-order valence-corrected chi connectivity index (χ0v) is 19.8. The van der Waals surface area contributed by atoms with Crippen LogP contribution >= 0.6 is 11.6 Å². The van der Waals surface area contributed by atoms with Crippen LogP contribution in [0.4, 0.5) is 0 Å². The lowest BCUT2D eigenvalue weighted by Crippen LogP contribution is -2.26. The van der Waals surface area contributed by atoms with Crippen molar-refractivity contribution in [2.45, 2.75) is 13.0 Å². The molecule has 2 amide bonds. The maximum absolute atomic E-state index is 12.9. The third-order valence-electron chi connectivity index (χ3n) is 5.58. The van der Waals surface area contributed by atoms with E-state index in [9.17, 15) is 9.59 Å². The van der Waals surface area contributed by atoms with Gasteiger partial charge in [-0.15, -0.1) is 0 Å². The summed E-state index contributed by atoms with van der Waals surface area (Å²) in [7, 11) is 0. The van der Waals surface area contributed by atoms with Crippen molar-refractivity contribution in [2.24, 2.45) is 5.73 Å². The van der Waals surface area contributed by atoms with Crippen molar-refractivity contribution < 1.29 is 14.3 Å². The van der Waals surface area contributed by atoms with Gasteiger partial charge in [-0.05, 0) is 52.9 Å². The predicted octanol–water partition coefficient (Wildman–Crippen LogP) is 5.66. The minimum absolute atomic E-state index is 0.248. The molecule has 0 heterocycles. The van der Waals surface area contributed by atoms with Crippen molar-refractivity contribution in [1.29, 1.82) is 0 Å². The maximum atomic E-state index is 12.9. The van der Waals surface area contributed by atoms with Gasteiger partial charge in [-0.1, -0.05) is 84.4 Å². The molecule has 4 rings (SSSR count). The quantitative estimate of drug-likeness (QED) is 0.321. The van der Waals surface area contributed by atoms with Gasteiger partial charge < -0.3 is 15.8 Å². The average molecular weight is 485 g/mol. The van der Waals surface area contributed by atoms with Gasteiger partial charge in [0, 0.05) is 17.1 Å². The molecule has 0 aromatic heterocycles. The minimum atomic E-state index is -0.458. The second-order valence-electron chi connectivity index (χ2n) is 8.03. The number of hydrogen-bond donors (Lipinski definition) is 2. The lowest BCUT2D eigenvalue weighted by Gasteiger charge is -2.13. The fourth-order valence-corrected chi connectivity index (χ4v) is 3.93. The first-order valence-corrected chi connectivity index (χ1v) is 11.6. The van der Waals surface area contributed by atoms with Gasteiger partial charge >= 0.3 is 0 Å². The van der Waals surface area contributed by atoms with Gasteiger partial charge in [-0.3, -0.25) is 9.59 Å². The van der Waals surface area contributed by atoms with Crippen molar-refractivity contribution in [3.63, 3.8) is 0 Å². The van der Waals surface area contributed by atoms with Gasteiger partial charge in [0.1, 0.15) is 12.4 Å². The normalized spacial score (nSPS) is 10.5. The first-order valence-electron chi connectivity index (χ1n) is 11.2. The van der Waals surface area contributed by atoms with E-state index in [1.54, 1.807) is 30.3 Å². The number of carbonyl (C=O) groups excluding carboxylic acids is 2. The number of carbonyl (C=O) groups is 2. The molecule has 6 heteroatoms. The molecule has 35 heavy (non-hydrogen) atoms. The zero-order valence-electron chi connectivity index (χ0n) is 19.0. The highest BCUT2D eigenvalue weighted by molar-refractivity contribution is 6.31. The van der Waals surface area contributed by atoms with Crippen LogP contribution in [-0.4, -0.2) is 18.4 Å². The molecule has 0 aliphatic heterocycles. The Hall–Kier alpha value is -4.09. The number of nitrogens with one attached hydrogen (secondary N) is 1. The van der Waals surface area contributed by atoms with Gasteiger partial charge in [0.2, 0.25) is 5.91 Å². The van der Waals surface area contributed by atoms with Crippen molar-refractivity contribution in [3.8, 4) is 16.9 Å². The predicted molar refractivity (Wildman–Crippen MR) is 139 cm³/mol. The highest BCUT2D eigenvalue weighted by Gasteiger charge is 2.14.